The Labute approximate surface area is 128 Å². The van der Waals surface area contributed by atoms with Gasteiger partial charge in [0, 0.05) is 0 Å². The molecule has 3 heteroatoms. The van der Waals surface area contributed by atoms with Crippen LogP contribution in [0.5, 0.6) is 5.75 Å². The van der Waals surface area contributed by atoms with Gasteiger partial charge in [-0.3, -0.25) is 0 Å². The summed E-state index contributed by atoms with van der Waals surface area (Å²) in [5, 5.41) is 10.3. The van der Waals surface area contributed by atoms with Crippen molar-refractivity contribution >= 4 is 0 Å². The number of ether oxygens (including phenoxy) is 2. The van der Waals surface area contributed by atoms with Gasteiger partial charge in [0.25, 0.3) is 0 Å². The summed E-state index contributed by atoms with van der Waals surface area (Å²) in [6.07, 6.45) is 5.90. The molecule has 0 heterocycles. The summed E-state index contributed by atoms with van der Waals surface area (Å²) < 4.78 is 11.4. The highest BCUT2D eigenvalue weighted by molar-refractivity contribution is 5.28. The van der Waals surface area contributed by atoms with E-state index in [1.165, 1.54) is 25.7 Å². The lowest BCUT2D eigenvalue weighted by atomic mass is 9.85. The zero-order valence-electron chi connectivity index (χ0n) is 13.3. The van der Waals surface area contributed by atoms with Gasteiger partial charge in [-0.1, -0.05) is 38.3 Å². The van der Waals surface area contributed by atoms with Crippen molar-refractivity contribution in [3.8, 4) is 5.75 Å². The van der Waals surface area contributed by atoms with Gasteiger partial charge in [0.15, 0.2) is 0 Å². The highest BCUT2D eigenvalue weighted by atomic mass is 16.5. The molecule has 3 unspecified atom stereocenters. The van der Waals surface area contributed by atoms with Crippen LogP contribution in [-0.4, -0.2) is 24.4 Å². The van der Waals surface area contributed by atoms with E-state index in [1.54, 1.807) is 0 Å². The molecule has 1 aliphatic carbocycles. The van der Waals surface area contributed by atoms with E-state index < -0.39 is 6.10 Å². The van der Waals surface area contributed by atoms with E-state index >= 15 is 0 Å². The first-order valence-corrected chi connectivity index (χ1v) is 8.27. The van der Waals surface area contributed by atoms with Crippen LogP contribution in [0.25, 0.3) is 0 Å². The molecule has 0 aliphatic heterocycles. The number of benzene rings is 1. The Kier molecular flexibility index (Phi) is 6.52. The van der Waals surface area contributed by atoms with E-state index in [2.05, 4.69) is 6.92 Å². The molecule has 21 heavy (non-hydrogen) atoms. The second-order valence-electron chi connectivity index (χ2n) is 5.84. The van der Waals surface area contributed by atoms with Crippen molar-refractivity contribution in [3.63, 3.8) is 0 Å². The van der Waals surface area contributed by atoms with Crippen LogP contribution in [0.3, 0.4) is 0 Å². The lowest BCUT2D eigenvalue weighted by molar-refractivity contribution is -0.0514. The van der Waals surface area contributed by atoms with Crippen molar-refractivity contribution < 1.29 is 14.6 Å². The van der Waals surface area contributed by atoms with Crippen molar-refractivity contribution in [2.24, 2.45) is 5.92 Å². The molecular formula is C18H28O3. The number of aliphatic hydroxyl groups is 1. The Hall–Kier alpha value is -1.06. The van der Waals surface area contributed by atoms with Crippen LogP contribution < -0.4 is 4.74 Å². The fourth-order valence-electron chi connectivity index (χ4n) is 3.12. The molecule has 3 nitrogen and oxygen atoms in total. The van der Waals surface area contributed by atoms with Crippen molar-refractivity contribution in [1.82, 2.24) is 0 Å². The molecule has 0 amide bonds. The minimum absolute atomic E-state index is 0.320. The second kappa shape index (κ2) is 8.40. The van der Waals surface area contributed by atoms with Crippen LogP contribution in [0, 0.1) is 5.92 Å². The Balaban J connectivity index is 1.84. The number of hydrogen-bond acceptors (Lipinski definition) is 3. The standard InChI is InChI=1S/C18H28O3/c1-3-14-7-5-6-8-18(14)21-13-17(19)15-9-11-16(12-10-15)20-4-2/h9-12,14,17-19H,3-8,13H2,1-2H3. The minimum atomic E-state index is -0.555. The maximum atomic E-state index is 10.3. The topological polar surface area (TPSA) is 38.7 Å². The second-order valence-corrected chi connectivity index (χ2v) is 5.84. The zero-order valence-corrected chi connectivity index (χ0v) is 13.3. The summed E-state index contributed by atoms with van der Waals surface area (Å²) in [7, 11) is 0. The highest BCUT2D eigenvalue weighted by Crippen LogP contribution is 2.30. The molecule has 1 saturated carbocycles. The van der Waals surface area contributed by atoms with E-state index in [1.807, 2.05) is 31.2 Å². The van der Waals surface area contributed by atoms with E-state index in [4.69, 9.17) is 9.47 Å². The van der Waals surface area contributed by atoms with E-state index in [-0.39, 0.29) is 0 Å². The Morgan fingerprint density at radius 3 is 2.52 bits per heavy atom. The highest BCUT2D eigenvalue weighted by Gasteiger charge is 2.25. The molecule has 1 N–H and O–H groups in total. The van der Waals surface area contributed by atoms with Gasteiger partial charge in [-0.25, -0.2) is 0 Å². The molecular weight excluding hydrogens is 264 g/mol. The third-order valence-corrected chi connectivity index (χ3v) is 4.41. The first kappa shape index (κ1) is 16.3. The van der Waals surface area contributed by atoms with Gasteiger partial charge in [-0.05, 0) is 43.4 Å². The van der Waals surface area contributed by atoms with Crippen molar-refractivity contribution in [3.05, 3.63) is 29.8 Å². The molecule has 0 saturated heterocycles. The summed E-state index contributed by atoms with van der Waals surface area (Å²) in [5.74, 6) is 1.50. The number of hydrogen-bond donors (Lipinski definition) is 1. The molecule has 0 radical (unpaired) electrons. The average Bonchev–Trinajstić information content (AvgIpc) is 2.54. The number of rotatable bonds is 7. The largest absolute Gasteiger partial charge is 0.494 e. The smallest absolute Gasteiger partial charge is 0.119 e. The van der Waals surface area contributed by atoms with Gasteiger partial charge >= 0.3 is 0 Å². The van der Waals surface area contributed by atoms with E-state index in [0.717, 1.165) is 17.7 Å². The lowest BCUT2D eigenvalue weighted by Gasteiger charge is -2.31. The van der Waals surface area contributed by atoms with Crippen LogP contribution in [-0.2, 0) is 4.74 Å². The van der Waals surface area contributed by atoms with E-state index in [0.29, 0.717) is 25.2 Å². The Morgan fingerprint density at radius 1 is 1.14 bits per heavy atom. The van der Waals surface area contributed by atoms with Gasteiger partial charge in [-0.15, -0.1) is 0 Å². The maximum Gasteiger partial charge on any atom is 0.119 e. The monoisotopic (exact) mass is 292 g/mol. The Morgan fingerprint density at radius 2 is 1.86 bits per heavy atom. The van der Waals surface area contributed by atoms with Gasteiger partial charge in [-0.2, -0.15) is 0 Å². The van der Waals surface area contributed by atoms with Crippen molar-refractivity contribution in [1.29, 1.82) is 0 Å². The van der Waals surface area contributed by atoms with E-state index in [9.17, 15) is 5.11 Å². The number of aliphatic hydroxyl groups excluding tert-OH is 1. The molecule has 1 aromatic rings. The quantitative estimate of drug-likeness (QED) is 0.822. The third-order valence-electron chi connectivity index (χ3n) is 4.41. The van der Waals surface area contributed by atoms with Crippen molar-refractivity contribution in [2.75, 3.05) is 13.2 Å². The molecule has 1 aromatic carbocycles. The van der Waals surface area contributed by atoms with Crippen LogP contribution >= 0.6 is 0 Å². The molecule has 118 valence electrons. The Bertz CT molecular complexity index is 401. The molecule has 0 spiro atoms. The summed E-state index contributed by atoms with van der Waals surface area (Å²) in [4.78, 5) is 0. The van der Waals surface area contributed by atoms with Gasteiger partial charge in [0.1, 0.15) is 11.9 Å². The molecule has 1 aliphatic rings. The van der Waals surface area contributed by atoms with Gasteiger partial charge < -0.3 is 14.6 Å². The lowest BCUT2D eigenvalue weighted by Crippen LogP contribution is -2.28. The predicted molar refractivity (Wildman–Crippen MR) is 84.6 cm³/mol. The van der Waals surface area contributed by atoms with Crippen molar-refractivity contribution in [2.45, 2.75) is 58.2 Å². The molecule has 3 atom stereocenters. The summed E-state index contributed by atoms with van der Waals surface area (Å²) >= 11 is 0. The SMILES string of the molecule is CCOc1ccc(C(O)COC2CCCCC2CC)cc1. The zero-order chi connectivity index (χ0) is 15.1. The average molecular weight is 292 g/mol. The third kappa shape index (κ3) is 4.72. The maximum absolute atomic E-state index is 10.3. The van der Waals surface area contributed by atoms with Crippen LogP contribution in [0.4, 0.5) is 0 Å². The minimum Gasteiger partial charge on any atom is -0.494 e. The normalized spacial score (nSPS) is 23.8. The van der Waals surface area contributed by atoms with Gasteiger partial charge in [0.05, 0.1) is 19.3 Å². The van der Waals surface area contributed by atoms with Crippen LogP contribution in [0.1, 0.15) is 57.6 Å². The van der Waals surface area contributed by atoms with Crippen LogP contribution in [0.15, 0.2) is 24.3 Å². The predicted octanol–water partition coefficient (Wildman–Crippen LogP) is 4.10. The molecule has 0 aromatic heterocycles. The summed E-state index contributed by atoms with van der Waals surface area (Å²) in [6, 6.07) is 7.63. The molecule has 1 fully saturated rings. The fourth-order valence-corrected chi connectivity index (χ4v) is 3.12. The molecule has 2 rings (SSSR count). The first-order valence-electron chi connectivity index (χ1n) is 8.27. The summed E-state index contributed by atoms with van der Waals surface area (Å²) in [5.41, 5.74) is 0.891. The summed E-state index contributed by atoms with van der Waals surface area (Å²) in [6.45, 7) is 5.24. The molecule has 0 bridgehead atoms. The van der Waals surface area contributed by atoms with Crippen LogP contribution in [0.2, 0.25) is 0 Å². The van der Waals surface area contributed by atoms with Gasteiger partial charge in [0.2, 0.25) is 0 Å². The first-order chi connectivity index (χ1) is 10.2. The fraction of sp³-hybridized carbons (Fsp3) is 0.667.